The second kappa shape index (κ2) is 7.77. The number of urea groups is 1. The molecule has 9 heteroatoms. The van der Waals surface area contributed by atoms with E-state index in [1.807, 2.05) is 0 Å². The van der Waals surface area contributed by atoms with Gasteiger partial charge in [-0.15, -0.1) is 0 Å². The van der Waals surface area contributed by atoms with Crippen LogP contribution in [0.1, 0.15) is 23.2 Å². The molecule has 0 saturated carbocycles. The van der Waals surface area contributed by atoms with E-state index in [4.69, 9.17) is 5.73 Å². The lowest BCUT2D eigenvalue weighted by atomic mass is 10.2. The summed E-state index contributed by atoms with van der Waals surface area (Å²) in [6, 6.07) is 11.7. The average Bonchev–Trinajstić information content (AvgIpc) is 3.18. The van der Waals surface area contributed by atoms with Gasteiger partial charge in [0.25, 0.3) is 5.91 Å². The van der Waals surface area contributed by atoms with Crippen molar-refractivity contribution in [3.05, 3.63) is 54.1 Å². The van der Waals surface area contributed by atoms with Crippen LogP contribution < -0.4 is 16.4 Å². The van der Waals surface area contributed by atoms with Gasteiger partial charge in [0.15, 0.2) is 0 Å². The fourth-order valence-corrected chi connectivity index (χ4v) is 4.42. The minimum atomic E-state index is -3.58. The van der Waals surface area contributed by atoms with E-state index in [0.717, 1.165) is 12.8 Å². The molecule has 0 aliphatic carbocycles. The molecular formula is C18H20N4O4S. The molecule has 27 heavy (non-hydrogen) atoms. The Balaban J connectivity index is 1.74. The molecule has 0 atom stereocenters. The number of nitrogens with one attached hydrogen (secondary N) is 2. The van der Waals surface area contributed by atoms with Crippen molar-refractivity contribution < 1.29 is 18.0 Å². The van der Waals surface area contributed by atoms with E-state index >= 15 is 0 Å². The van der Waals surface area contributed by atoms with Gasteiger partial charge in [-0.05, 0) is 55.3 Å². The van der Waals surface area contributed by atoms with E-state index in [-0.39, 0.29) is 10.5 Å². The van der Waals surface area contributed by atoms with Gasteiger partial charge in [-0.3, -0.25) is 4.79 Å². The van der Waals surface area contributed by atoms with Gasteiger partial charge < -0.3 is 16.4 Å². The van der Waals surface area contributed by atoms with Gasteiger partial charge in [0, 0.05) is 30.0 Å². The van der Waals surface area contributed by atoms with Crippen LogP contribution in [0.2, 0.25) is 0 Å². The van der Waals surface area contributed by atoms with E-state index < -0.39 is 22.0 Å². The highest BCUT2D eigenvalue weighted by Gasteiger charge is 2.27. The fourth-order valence-electron chi connectivity index (χ4n) is 2.86. The van der Waals surface area contributed by atoms with E-state index in [2.05, 4.69) is 10.6 Å². The summed E-state index contributed by atoms with van der Waals surface area (Å²) < 4.78 is 26.7. The van der Waals surface area contributed by atoms with Crippen molar-refractivity contribution in [2.45, 2.75) is 17.7 Å². The van der Waals surface area contributed by atoms with Crippen molar-refractivity contribution >= 4 is 33.3 Å². The highest BCUT2D eigenvalue weighted by molar-refractivity contribution is 7.89. The van der Waals surface area contributed by atoms with Crippen LogP contribution in [0.15, 0.2) is 53.4 Å². The number of anilines is 2. The molecule has 2 aromatic carbocycles. The Morgan fingerprint density at radius 2 is 1.52 bits per heavy atom. The summed E-state index contributed by atoms with van der Waals surface area (Å²) in [5.74, 6) is -0.427. The summed E-state index contributed by atoms with van der Waals surface area (Å²) in [7, 11) is -3.58. The molecule has 0 spiro atoms. The van der Waals surface area contributed by atoms with Crippen LogP contribution in [-0.4, -0.2) is 37.8 Å². The Labute approximate surface area is 157 Å². The molecule has 4 N–H and O–H groups in total. The van der Waals surface area contributed by atoms with Crippen LogP contribution in [0.25, 0.3) is 0 Å². The average molecular weight is 388 g/mol. The largest absolute Gasteiger partial charge is 0.351 e. The quantitative estimate of drug-likeness (QED) is 0.727. The zero-order chi connectivity index (χ0) is 19.4. The highest BCUT2D eigenvalue weighted by atomic mass is 32.2. The minimum absolute atomic E-state index is 0.109. The number of amides is 3. The highest BCUT2D eigenvalue weighted by Crippen LogP contribution is 2.22. The molecule has 3 amide bonds. The normalized spacial score (nSPS) is 14.7. The summed E-state index contributed by atoms with van der Waals surface area (Å²) in [5, 5.41) is 5.12. The first-order chi connectivity index (χ1) is 12.9. The number of sulfonamides is 1. The summed E-state index contributed by atoms with van der Waals surface area (Å²) in [6.07, 6.45) is 1.69. The molecule has 0 unspecified atom stereocenters. The van der Waals surface area contributed by atoms with Crippen molar-refractivity contribution in [2.24, 2.45) is 5.73 Å². The van der Waals surface area contributed by atoms with E-state index in [9.17, 15) is 18.0 Å². The van der Waals surface area contributed by atoms with Gasteiger partial charge in [0.2, 0.25) is 10.0 Å². The van der Waals surface area contributed by atoms with Crippen LogP contribution in [0.3, 0.4) is 0 Å². The van der Waals surface area contributed by atoms with E-state index in [1.54, 1.807) is 36.4 Å². The third-order valence-corrected chi connectivity index (χ3v) is 6.10. The maximum Gasteiger partial charge on any atom is 0.316 e. The first kappa shape index (κ1) is 18.9. The standard InChI is InChI=1S/C18H20N4O4S/c19-18(24)21-15-8-6-14(7-9-15)20-17(23)13-4-3-5-16(12-13)27(25,26)22-10-1-2-11-22/h3-9,12H,1-2,10-11H2,(H,20,23)(H3,19,21,24). The predicted octanol–water partition coefficient (Wildman–Crippen LogP) is 2.21. The Bertz CT molecular complexity index is 952. The van der Waals surface area contributed by atoms with Crippen molar-refractivity contribution in [3.63, 3.8) is 0 Å². The second-order valence-corrected chi connectivity index (χ2v) is 8.10. The lowest BCUT2D eigenvalue weighted by molar-refractivity contribution is 0.102. The first-order valence-corrected chi connectivity index (χ1v) is 9.88. The van der Waals surface area contributed by atoms with Gasteiger partial charge >= 0.3 is 6.03 Å². The molecule has 1 saturated heterocycles. The van der Waals surface area contributed by atoms with Crippen molar-refractivity contribution in [2.75, 3.05) is 23.7 Å². The van der Waals surface area contributed by atoms with E-state index in [1.165, 1.54) is 16.4 Å². The van der Waals surface area contributed by atoms with E-state index in [0.29, 0.717) is 24.5 Å². The molecule has 0 aromatic heterocycles. The number of benzene rings is 2. The van der Waals surface area contributed by atoms with Gasteiger partial charge in [-0.25, -0.2) is 13.2 Å². The number of carbonyl (C=O) groups excluding carboxylic acids is 2. The van der Waals surface area contributed by atoms with Gasteiger partial charge in [-0.2, -0.15) is 4.31 Å². The molecule has 1 aliphatic heterocycles. The topological polar surface area (TPSA) is 122 Å². The summed E-state index contributed by atoms with van der Waals surface area (Å²) in [5.41, 5.74) is 6.29. The molecule has 142 valence electrons. The van der Waals surface area contributed by atoms with Crippen molar-refractivity contribution in [3.8, 4) is 0 Å². The smallest absolute Gasteiger partial charge is 0.316 e. The first-order valence-electron chi connectivity index (χ1n) is 8.44. The third-order valence-electron chi connectivity index (χ3n) is 4.21. The molecule has 1 fully saturated rings. The Kier molecular flexibility index (Phi) is 5.43. The van der Waals surface area contributed by atoms with Gasteiger partial charge in [0.05, 0.1) is 4.90 Å². The van der Waals surface area contributed by atoms with Gasteiger partial charge in [-0.1, -0.05) is 6.07 Å². The summed E-state index contributed by atoms with van der Waals surface area (Å²) in [6.45, 7) is 1.01. The number of nitrogens with zero attached hydrogens (tertiary/aromatic N) is 1. The molecule has 3 rings (SSSR count). The number of primary amides is 1. The lowest BCUT2D eigenvalue weighted by Gasteiger charge is -2.16. The lowest BCUT2D eigenvalue weighted by Crippen LogP contribution is -2.28. The fraction of sp³-hybridized carbons (Fsp3) is 0.222. The van der Waals surface area contributed by atoms with Crippen LogP contribution in [0.5, 0.6) is 0 Å². The molecule has 0 radical (unpaired) electrons. The molecule has 0 bridgehead atoms. The third kappa shape index (κ3) is 4.44. The zero-order valence-corrected chi connectivity index (χ0v) is 15.3. The number of hydrogen-bond acceptors (Lipinski definition) is 4. The van der Waals surface area contributed by atoms with Gasteiger partial charge in [0.1, 0.15) is 0 Å². The molecule has 1 aliphatic rings. The Morgan fingerprint density at radius 3 is 2.11 bits per heavy atom. The van der Waals surface area contributed by atoms with Crippen molar-refractivity contribution in [1.82, 2.24) is 4.31 Å². The van der Waals surface area contributed by atoms with Crippen molar-refractivity contribution in [1.29, 1.82) is 0 Å². The maximum absolute atomic E-state index is 12.6. The number of carbonyl (C=O) groups is 2. The Morgan fingerprint density at radius 1 is 0.926 bits per heavy atom. The van der Waals surface area contributed by atoms with Crippen LogP contribution >= 0.6 is 0 Å². The SMILES string of the molecule is NC(=O)Nc1ccc(NC(=O)c2cccc(S(=O)(=O)N3CCCC3)c2)cc1. The number of hydrogen-bond donors (Lipinski definition) is 3. The molecule has 8 nitrogen and oxygen atoms in total. The number of nitrogens with two attached hydrogens (primary N) is 1. The monoisotopic (exact) mass is 388 g/mol. The molecule has 1 heterocycles. The molecular weight excluding hydrogens is 368 g/mol. The predicted molar refractivity (Wildman–Crippen MR) is 102 cm³/mol. The van der Waals surface area contributed by atoms with Crippen LogP contribution in [0, 0.1) is 0 Å². The molecule has 2 aromatic rings. The summed E-state index contributed by atoms with van der Waals surface area (Å²) in [4.78, 5) is 23.4. The minimum Gasteiger partial charge on any atom is -0.351 e. The Hall–Kier alpha value is -2.91. The maximum atomic E-state index is 12.6. The zero-order valence-electron chi connectivity index (χ0n) is 14.5. The van der Waals surface area contributed by atoms with Crippen LogP contribution in [0.4, 0.5) is 16.2 Å². The number of rotatable bonds is 5. The summed E-state index contributed by atoms with van der Waals surface area (Å²) >= 11 is 0. The second-order valence-electron chi connectivity index (χ2n) is 6.16. The van der Waals surface area contributed by atoms with Crippen LogP contribution in [-0.2, 0) is 10.0 Å².